The second-order valence-electron chi connectivity index (χ2n) is 5.06. The standard InChI is InChI=1S/C14H20N2O4S/c1-11-3-4-13(9-12(11)2)21(18,19)15-10-14(17)16-5-7-20-8-6-16/h3-4,9,15H,5-8,10H2,1-2H3. The first-order chi connectivity index (χ1) is 9.90. The third kappa shape index (κ3) is 4.03. The van der Waals surface area contributed by atoms with Crippen LogP contribution in [0, 0.1) is 13.8 Å². The quantitative estimate of drug-likeness (QED) is 0.875. The fraction of sp³-hybridized carbons (Fsp3) is 0.500. The number of nitrogens with one attached hydrogen (secondary N) is 1. The van der Waals surface area contributed by atoms with E-state index in [0.29, 0.717) is 26.3 Å². The first kappa shape index (κ1) is 15.9. The van der Waals surface area contributed by atoms with Gasteiger partial charge in [0.25, 0.3) is 0 Å². The first-order valence-electron chi connectivity index (χ1n) is 6.82. The molecule has 0 saturated carbocycles. The van der Waals surface area contributed by atoms with Crippen LogP contribution in [0.3, 0.4) is 0 Å². The van der Waals surface area contributed by atoms with E-state index in [2.05, 4.69) is 4.72 Å². The van der Waals surface area contributed by atoms with Gasteiger partial charge >= 0.3 is 0 Å². The van der Waals surface area contributed by atoms with Gasteiger partial charge in [0.1, 0.15) is 0 Å². The second kappa shape index (κ2) is 6.55. The van der Waals surface area contributed by atoms with Gasteiger partial charge in [0.15, 0.2) is 0 Å². The largest absolute Gasteiger partial charge is 0.378 e. The van der Waals surface area contributed by atoms with Crippen LogP contribution in [-0.2, 0) is 19.6 Å². The Morgan fingerprint density at radius 1 is 1.24 bits per heavy atom. The van der Waals surface area contributed by atoms with Crippen LogP contribution < -0.4 is 4.72 Å². The van der Waals surface area contributed by atoms with Gasteiger partial charge in [-0.1, -0.05) is 6.07 Å². The van der Waals surface area contributed by atoms with Crippen LogP contribution in [0.5, 0.6) is 0 Å². The number of carbonyl (C=O) groups is 1. The highest BCUT2D eigenvalue weighted by Gasteiger charge is 2.20. The van der Waals surface area contributed by atoms with Gasteiger partial charge in [0, 0.05) is 13.1 Å². The smallest absolute Gasteiger partial charge is 0.241 e. The number of hydrogen-bond donors (Lipinski definition) is 1. The molecular formula is C14H20N2O4S. The monoisotopic (exact) mass is 312 g/mol. The average molecular weight is 312 g/mol. The van der Waals surface area contributed by atoms with Gasteiger partial charge in [-0.05, 0) is 37.1 Å². The number of nitrogens with zero attached hydrogens (tertiary/aromatic N) is 1. The molecule has 0 bridgehead atoms. The van der Waals surface area contributed by atoms with Crippen LogP contribution in [0.4, 0.5) is 0 Å². The molecule has 1 aromatic rings. The second-order valence-corrected chi connectivity index (χ2v) is 6.83. The Labute approximate surface area is 125 Å². The average Bonchev–Trinajstić information content (AvgIpc) is 2.48. The van der Waals surface area contributed by atoms with E-state index in [4.69, 9.17) is 4.74 Å². The third-order valence-corrected chi connectivity index (χ3v) is 4.96. The Balaban J connectivity index is 2.00. The molecule has 0 atom stereocenters. The lowest BCUT2D eigenvalue weighted by Crippen LogP contribution is -2.45. The molecule has 1 aromatic carbocycles. The molecule has 116 valence electrons. The molecule has 1 fully saturated rings. The highest BCUT2D eigenvalue weighted by atomic mass is 32.2. The topological polar surface area (TPSA) is 75.7 Å². The van der Waals surface area contributed by atoms with Gasteiger partial charge < -0.3 is 9.64 Å². The number of rotatable bonds is 4. The summed E-state index contributed by atoms with van der Waals surface area (Å²) < 4.78 is 31.9. The molecule has 21 heavy (non-hydrogen) atoms. The lowest BCUT2D eigenvalue weighted by molar-refractivity contribution is -0.133. The molecule has 0 unspecified atom stereocenters. The molecule has 2 rings (SSSR count). The van der Waals surface area contributed by atoms with Crippen LogP contribution in [0.15, 0.2) is 23.1 Å². The molecule has 1 heterocycles. The summed E-state index contributed by atoms with van der Waals surface area (Å²) in [7, 11) is -3.66. The molecule has 1 saturated heterocycles. The lowest BCUT2D eigenvalue weighted by Gasteiger charge is -2.26. The van der Waals surface area contributed by atoms with E-state index in [1.807, 2.05) is 13.8 Å². The summed E-state index contributed by atoms with van der Waals surface area (Å²) in [5.41, 5.74) is 1.93. The van der Waals surface area contributed by atoms with Crippen molar-refractivity contribution in [2.45, 2.75) is 18.7 Å². The highest BCUT2D eigenvalue weighted by Crippen LogP contribution is 2.14. The highest BCUT2D eigenvalue weighted by molar-refractivity contribution is 7.89. The summed E-state index contributed by atoms with van der Waals surface area (Å²) in [5.74, 6) is -0.231. The van der Waals surface area contributed by atoms with E-state index in [0.717, 1.165) is 11.1 Å². The van der Waals surface area contributed by atoms with Crippen molar-refractivity contribution in [3.05, 3.63) is 29.3 Å². The van der Waals surface area contributed by atoms with E-state index >= 15 is 0 Å². The van der Waals surface area contributed by atoms with Crippen molar-refractivity contribution in [1.29, 1.82) is 0 Å². The number of sulfonamides is 1. The maximum atomic E-state index is 12.2. The summed E-state index contributed by atoms with van der Waals surface area (Å²) in [6.45, 7) is 5.54. The SMILES string of the molecule is Cc1ccc(S(=O)(=O)NCC(=O)N2CCOCC2)cc1C. The van der Waals surface area contributed by atoms with Crippen LogP contribution >= 0.6 is 0 Å². The predicted octanol–water partition coefficient (Wildman–Crippen LogP) is 0.441. The zero-order valence-corrected chi connectivity index (χ0v) is 13.1. The van der Waals surface area contributed by atoms with E-state index in [9.17, 15) is 13.2 Å². The van der Waals surface area contributed by atoms with Gasteiger partial charge in [-0.25, -0.2) is 13.1 Å². The van der Waals surface area contributed by atoms with Crippen molar-refractivity contribution in [2.75, 3.05) is 32.8 Å². The maximum Gasteiger partial charge on any atom is 0.241 e. The zero-order chi connectivity index (χ0) is 15.5. The molecule has 1 amide bonds. The van der Waals surface area contributed by atoms with Crippen molar-refractivity contribution >= 4 is 15.9 Å². The Bertz CT molecular complexity index is 622. The normalized spacial score (nSPS) is 16.0. The summed E-state index contributed by atoms with van der Waals surface area (Å²) in [6, 6.07) is 4.91. The molecule has 6 nitrogen and oxygen atoms in total. The number of ether oxygens (including phenoxy) is 1. The Hall–Kier alpha value is -1.44. The minimum absolute atomic E-state index is 0.181. The van der Waals surface area contributed by atoms with Crippen LogP contribution in [0.2, 0.25) is 0 Å². The molecular weight excluding hydrogens is 292 g/mol. The van der Waals surface area contributed by atoms with Crippen molar-refractivity contribution in [3.8, 4) is 0 Å². The fourth-order valence-corrected chi connectivity index (χ4v) is 3.10. The van der Waals surface area contributed by atoms with Crippen molar-refractivity contribution in [3.63, 3.8) is 0 Å². The fourth-order valence-electron chi connectivity index (χ4n) is 2.05. The summed E-state index contributed by atoms with van der Waals surface area (Å²) in [5, 5.41) is 0. The van der Waals surface area contributed by atoms with Crippen molar-refractivity contribution in [2.24, 2.45) is 0 Å². The molecule has 0 aliphatic carbocycles. The molecule has 1 N–H and O–H groups in total. The number of morpholine rings is 1. The number of amides is 1. The molecule has 1 aliphatic heterocycles. The lowest BCUT2D eigenvalue weighted by atomic mass is 10.1. The van der Waals surface area contributed by atoms with Gasteiger partial charge in [-0.3, -0.25) is 4.79 Å². The van der Waals surface area contributed by atoms with Crippen LogP contribution in [0.25, 0.3) is 0 Å². The molecule has 7 heteroatoms. The van der Waals surface area contributed by atoms with E-state index in [-0.39, 0.29) is 17.3 Å². The van der Waals surface area contributed by atoms with E-state index in [1.165, 1.54) is 0 Å². The Kier molecular flexibility index (Phi) is 4.97. The third-order valence-electron chi connectivity index (χ3n) is 3.57. The number of aryl methyl sites for hydroxylation is 2. The first-order valence-corrected chi connectivity index (χ1v) is 8.31. The van der Waals surface area contributed by atoms with E-state index in [1.54, 1.807) is 23.1 Å². The van der Waals surface area contributed by atoms with Gasteiger partial charge in [-0.15, -0.1) is 0 Å². The number of benzene rings is 1. The molecule has 0 aromatic heterocycles. The van der Waals surface area contributed by atoms with Gasteiger partial charge in [0.2, 0.25) is 15.9 Å². The summed E-state index contributed by atoms with van der Waals surface area (Å²) in [6.07, 6.45) is 0. The zero-order valence-electron chi connectivity index (χ0n) is 12.3. The molecule has 0 radical (unpaired) electrons. The minimum atomic E-state index is -3.66. The number of hydrogen-bond acceptors (Lipinski definition) is 4. The Morgan fingerprint density at radius 2 is 1.90 bits per heavy atom. The maximum absolute atomic E-state index is 12.2. The van der Waals surface area contributed by atoms with E-state index < -0.39 is 10.0 Å². The van der Waals surface area contributed by atoms with Crippen molar-refractivity contribution < 1.29 is 17.9 Å². The van der Waals surface area contributed by atoms with Crippen molar-refractivity contribution in [1.82, 2.24) is 9.62 Å². The summed E-state index contributed by atoms with van der Waals surface area (Å²) >= 11 is 0. The number of carbonyl (C=O) groups excluding carboxylic acids is 1. The van der Waals surface area contributed by atoms with Crippen LogP contribution in [-0.4, -0.2) is 52.1 Å². The summed E-state index contributed by atoms with van der Waals surface area (Å²) in [4.78, 5) is 13.7. The van der Waals surface area contributed by atoms with Crippen LogP contribution in [0.1, 0.15) is 11.1 Å². The van der Waals surface area contributed by atoms with Gasteiger partial charge in [0.05, 0.1) is 24.7 Å². The molecule has 0 spiro atoms. The Morgan fingerprint density at radius 3 is 2.52 bits per heavy atom. The van der Waals surface area contributed by atoms with Gasteiger partial charge in [-0.2, -0.15) is 0 Å². The predicted molar refractivity (Wildman–Crippen MR) is 78.5 cm³/mol. The molecule has 1 aliphatic rings. The minimum Gasteiger partial charge on any atom is -0.378 e.